The number of hydrogen-bond acceptors (Lipinski definition) is 6. The second-order valence-electron chi connectivity index (χ2n) is 8.77. The van der Waals surface area contributed by atoms with Gasteiger partial charge in [0.15, 0.2) is 6.29 Å². The molecule has 2 aromatic rings. The summed E-state index contributed by atoms with van der Waals surface area (Å²) in [6.45, 7) is 3.91. The Bertz CT molecular complexity index is 922. The number of ether oxygens (including phenoxy) is 2. The second kappa shape index (κ2) is 11.5. The third-order valence-electron chi connectivity index (χ3n) is 6.26. The van der Waals surface area contributed by atoms with Crippen LogP contribution in [0.15, 0.2) is 18.2 Å². The summed E-state index contributed by atoms with van der Waals surface area (Å²) in [5.74, 6) is -0.206. The van der Waals surface area contributed by atoms with Crippen molar-refractivity contribution in [1.29, 1.82) is 0 Å². The summed E-state index contributed by atoms with van der Waals surface area (Å²) in [5, 5.41) is 11.5. The Kier molecular flexibility index (Phi) is 8.78. The van der Waals surface area contributed by atoms with Gasteiger partial charge in [-0.15, -0.1) is 0 Å². The molecule has 1 aromatic heterocycles. The number of carbonyl (C=O) groups excluding carboxylic acids is 2. The molecular weight excluding hydrogens is 408 g/mol. The van der Waals surface area contributed by atoms with Crippen LogP contribution in [-0.4, -0.2) is 55.2 Å². The SMILES string of the molecule is COC(CNC[C@@H](C)CCCCc1ccc2c(C3CCC(=O)NC3=O)nn(C)c2c1)OC. The van der Waals surface area contributed by atoms with E-state index in [9.17, 15) is 9.59 Å². The average molecular weight is 445 g/mol. The molecular formula is C24H36N4O4. The zero-order valence-electron chi connectivity index (χ0n) is 19.6. The number of methoxy groups -OCH3 is 2. The molecule has 1 saturated heterocycles. The quantitative estimate of drug-likeness (QED) is 0.297. The fourth-order valence-electron chi connectivity index (χ4n) is 4.33. The van der Waals surface area contributed by atoms with Crippen LogP contribution in [0.1, 0.15) is 56.2 Å². The highest BCUT2D eigenvalue weighted by molar-refractivity contribution is 6.02. The summed E-state index contributed by atoms with van der Waals surface area (Å²) in [4.78, 5) is 23.7. The molecule has 176 valence electrons. The third-order valence-corrected chi connectivity index (χ3v) is 6.26. The summed E-state index contributed by atoms with van der Waals surface area (Å²) >= 11 is 0. The number of carbonyl (C=O) groups is 2. The maximum absolute atomic E-state index is 12.3. The Morgan fingerprint density at radius 2 is 2.00 bits per heavy atom. The van der Waals surface area contributed by atoms with Gasteiger partial charge >= 0.3 is 0 Å². The molecule has 0 saturated carbocycles. The highest BCUT2D eigenvalue weighted by atomic mass is 16.7. The number of amides is 2. The van der Waals surface area contributed by atoms with Gasteiger partial charge in [0.05, 0.1) is 17.1 Å². The molecule has 2 N–H and O–H groups in total. The minimum Gasteiger partial charge on any atom is -0.355 e. The van der Waals surface area contributed by atoms with E-state index >= 15 is 0 Å². The van der Waals surface area contributed by atoms with Crippen LogP contribution in [-0.2, 0) is 32.5 Å². The van der Waals surface area contributed by atoms with E-state index in [2.05, 4.69) is 40.9 Å². The molecule has 1 aliphatic rings. The first-order valence-electron chi connectivity index (χ1n) is 11.5. The number of hydrogen-bond donors (Lipinski definition) is 2. The normalized spacial score (nSPS) is 17.8. The van der Waals surface area contributed by atoms with Gasteiger partial charge in [-0.3, -0.25) is 19.6 Å². The predicted octanol–water partition coefficient (Wildman–Crippen LogP) is 2.65. The first-order valence-corrected chi connectivity index (χ1v) is 11.5. The Balaban J connectivity index is 1.50. The third kappa shape index (κ3) is 6.15. The van der Waals surface area contributed by atoms with E-state index < -0.39 is 0 Å². The molecule has 2 heterocycles. The zero-order valence-corrected chi connectivity index (χ0v) is 19.6. The van der Waals surface area contributed by atoms with Crippen LogP contribution >= 0.6 is 0 Å². The van der Waals surface area contributed by atoms with Gasteiger partial charge in [-0.05, 0) is 49.8 Å². The van der Waals surface area contributed by atoms with E-state index in [1.165, 1.54) is 18.4 Å². The lowest BCUT2D eigenvalue weighted by Gasteiger charge is -2.19. The Hall–Kier alpha value is -2.29. The van der Waals surface area contributed by atoms with Crippen molar-refractivity contribution in [1.82, 2.24) is 20.4 Å². The molecule has 2 atom stereocenters. The Labute approximate surface area is 190 Å². The lowest BCUT2D eigenvalue weighted by molar-refractivity contribution is -0.134. The van der Waals surface area contributed by atoms with Crippen LogP contribution in [0.4, 0.5) is 0 Å². The maximum atomic E-state index is 12.3. The van der Waals surface area contributed by atoms with Crippen LogP contribution in [0.25, 0.3) is 10.9 Å². The van der Waals surface area contributed by atoms with Crippen molar-refractivity contribution in [3.8, 4) is 0 Å². The largest absolute Gasteiger partial charge is 0.355 e. The Morgan fingerprint density at radius 3 is 2.72 bits per heavy atom. The number of fused-ring (bicyclic) bond motifs is 1. The smallest absolute Gasteiger partial charge is 0.235 e. The van der Waals surface area contributed by atoms with Crippen LogP contribution in [0, 0.1) is 5.92 Å². The van der Waals surface area contributed by atoms with Crippen LogP contribution in [0.5, 0.6) is 0 Å². The maximum Gasteiger partial charge on any atom is 0.235 e. The van der Waals surface area contributed by atoms with Crippen LogP contribution in [0.3, 0.4) is 0 Å². The Morgan fingerprint density at radius 1 is 1.22 bits per heavy atom. The first kappa shape index (κ1) is 24.4. The van der Waals surface area contributed by atoms with Gasteiger partial charge in [0.1, 0.15) is 0 Å². The van der Waals surface area contributed by atoms with Gasteiger partial charge in [0.25, 0.3) is 0 Å². The monoisotopic (exact) mass is 444 g/mol. The van der Waals surface area contributed by atoms with Gasteiger partial charge in [0.2, 0.25) is 11.8 Å². The molecule has 2 amide bonds. The second-order valence-corrected chi connectivity index (χ2v) is 8.77. The van der Waals surface area contributed by atoms with Crippen molar-refractivity contribution >= 4 is 22.7 Å². The van der Waals surface area contributed by atoms with Crippen molar-refractivity contribution in [2.45, 2.75) is 57.7 Å². The van der Waals surface area contributed by atoms with Crippen LogP contribution in [0.2, 0.25) is 0 Å². The van der Waals surface area contributed by atoms with Crippen molar-refractivity contribution < 1.29 is 19.1 Å². The summed E-state index contributed by atoms with van der Waals surface area (Å²) in [6.07, 6.45) is 5.18. The number of nitrogens with zero attached hydrogens (tertiary/aromatic N) is 2. The number of nitrogens with one attached hydrogen (secondary N) is 2. The van der Waals surface area contributed by atoms with Gasteiger partial charge in [-0.2, -0.15) is 5.10 Å². The van der Waals surface area contributed by atoms with Gasteiger partial charge in [-0.25, -0.2) is 0 Å². The number of piperidine rings is 1. The molecule has 1 fully saturated rings. The van der Waals surface area contributed by atoms with E-state index in [-0.39, 0.29) is 24.0 Å². The van der Waals surface area contributed by atoms with E-state index in [1.807, 2.05) is 11.7 Å². The highest BCUT2D eigenvalue weighted by Gasteiger charge is 2.31. The number of unbranched alkanes of at least 4 members (excludes halogenated alkanes) is 1. The molecule has 3 rings (SSSR count). The van der Waals surface area contributed by atoms with Gasteiger partial charge in [-0.1, -0.05) is 25.5 Å². The molecule has 1 aliphatic heterocycles. The summed E-state index contributed by atoms with van der Waals surface area (Å²) < 4.78 is 12.2. The minimum atomic E-state index is -0.361. The van der Waals surface area contributed by atoms with Crippen molar-refractivity contribution in [3.05, 3.63) is 29.5 Å². The fourth-order valence-corrected chi connectivity index (χ4v) is 4.33. The number of imide groups is 1. The summed E-state index contributed by atoms with van der Waals surface area (Å²) in [5.41, 5.74) is 3.08. The standard InChI is InChI=1S/C24H36N4O4/c1-16(14-25-15-22(31-3)32-4)7-5-6-8-17-9-10-18-20(13-17)28(2)27-23(18)19-11-12-21(29)26-24(19)30/h9-10,13,16,19,22,25H,5-8,11-12,14-15H2,1-4H3,(H,26,29,30)/t16-,19?/m0/s1. The molecule has 0 spiro atoms. The molecule has 0 aliphatic carbocycles. The number of aryl methyl sites for hydroxylation is 2. The summed E-state index contributed by atoms with van der Waals surface area (Å²) in [7, 11) is 5.21. The number of aromatic nitrogens is 2. The van der Waals surface area contributed by atoms with Gasteiger partial charge in [0, 0.05) is 39.6 Å². The van der Waals surface area contributed by atoms with E-state index in [1.54, 1.807) is 14.2 Å². The number of benzene rings is 1. The summed E-state index contributed by atoms with van der Waals surface area (Å²) in [6, 6.07) is 6.39. The molecule has 1 unspecified atom stereocenters. The van der Waals surface area contributed by atoms with Crippen LogP contribution < -0.4 is 10.6 Å². The molecule has 8 nitrogen and oxygen atoms in total. The number of rotatable bonds is 12. The molecule has 8 heteroatoms. The van der Waals surface area contributed by atoms with Crippen molar-refractivity contribution in [3.63, 3.8) is 0 Å². The highest BCUT2D eigenvalue weighted by Crippen LogP contribution is 2.30. The first-order chi connectivity index (χ1) is 15.4. The van der Waals surface area contributed by atoms with E-state index in [4.69, 9.17) is 9.47 Å². The van der Waals surface area contributed by atoms with E-state index in [0.717, 1.165) is 36.0 Å². The van der Waals surface area contributed by atoms with E-state index in [0.29, 0.717) is 25.3 Å². The van der Waals surface area contributed by atoms with Gasteiger partial charge < -0.3 is 14.8 Å². The molecule has 0 bridgehead atoms. The minimum absolute atomic E-state index is 0.195. The van der Waals surface area contributed by atoms with Crippen molar-refractivity contribution in [2.24, 2.45) is 13.0 Å². The average Bonchev–Trinajstić information content (AvgIpc) is 3.10. The lowest BCUT2D eigenvalue weighted by atomic mass is 9.92. The zero-order chi connectivity index (χ0) is 23.1. The fraction of sp³-hybridized carbons (Fsp3) is 0.625. The van der Waals surface area contributed by atoms with Crippen molar-refractivity contribution in [2.75, 3.05) is 27.3 Å². The lowest BCUT2D eigenvalue weighted by Crippen LogP contribution is -2.39. The predicted molar refractivity (Wildman–Crippen MR) is 123 cm³/mol. The molecule has 1 aromatic carbocycles. The topological polar surface area (TPSA) is 94.5 Å². The molecule has 0 radical (unpaired) electrons. The molecule has 32 heavy (non-hydrogen) atoms.